The van der Waals surface area contributed by atoms with E-state index in [1.54, 1.807) is 11.2 Å². The van der Waals surface area contributed by atoms with Crippen LogP contribution in [0.2, 0.25) is 0 Å². The van der Waals surface area contributed by atoms with Crippen molar-refractivity contribution in [3.8, 4) is 0 Å². The Bertz CT molecular complexity index is 473. The summed E-state index contributed by atoms with van der Waals surface area (Å²) in [6, 6.07) is 0. The van der Waals surface area contributed by atoms with Gasteiger partial charge in [0.25, 0.3) is 10.0 Å². The van der Waals surface area contributed by atoms with Gasteiger partial charge in [0.1, 0.15) is 0 Å². The van der Waals surface area contributed by atoms with Crippen LogP contribution in [0.15, 0.2) is 4.21 Å². The lowest BCUT2D eigenvalue weighted by Crippen LogP contribution is -2.35. The topological polar surface area (TPSA) is 50.3 Å². The van der Waals surface area contributed by atoms with Gasteiger partial charge >= 0.3 is 0 Å². The number of thiazole rings is 1. The molecule has 90 valence electrons. The van der Waals surface area contributed by atoms with E-state index in [9.17, 15) is 8.42 Å². The van der Waals surface area contributed by atoms with E-state index in [1.807, 2.05) is 6.92 Å². The Morgan fingerprint density at radius 2 is 1.81 bits per heavy atom. The van der Waals surface area contributed by atoms with Gasteiger partial charge in [-0.05, 0) is 26.7 Å². The maximum atomic E-state index is 12.3. The van der Waals surface area contributed by atoms with Crippen LogP contribution in [0, 0.1) is 13.8 Å². The van der Waals surface area contributed by atoms with E-state index in [4.69, 9.17) is 0 Å². The molecule has 1 saturated heterocycles. The molecule has 0 bridgehead atoms. The molecule has 16 heavy (non-hydrogen) atoms. The van der Waals surface area contributed by atoms with Crippen molar-refractivity contribution in [2.45, 2.75) is 37.3 Å². The fraction of sp³-hybridized carbons (Fsp3) is 0.700. The van der Waals surface area contributed by atoms with Gasteiger partial charge < -0.3 is 0 Å². The first-order valence-corrected chi connectivity index (χ1v) is 7.71. The summed E-state index contributed by atoms with van der Waals surface area (Å²) in [4.78, 5) is 4.18. The Morgan fingerprint density at radius 3 is 2.31 bits per heavy atom. The average Bonchev–Trinajstić information content (AvgIpc) is 2.60. The molecule has 6 heteroatoms. The minimum Gasteiger partial charge on any atom is -0.245 e. The molecule has 1 aromatic heterocycles. The molecule has 1 fully saturated rings. The van der Waals surface area contributed by atoms with Crippen LogP contribution < -0.4 is 0 Å². The minimum atomic E-state index is -3.28. The van der Waals surface area contributed by atoms with Gasteiger partial charge in [-0.25, -0.2) is 13.4 Å². The predicted molar refractivity (Wildman–Crippen MR) is 64.2 cm³/mol. The lowest BCUT2D eigenvalue weighted by molar-refractivity contribution is 0.347. The lowest BCUT2D eigenvalue weighted by Gasteiger charge is -2.25. The first-order chi connectivity index (χ1) is 7.51. The molecule has 0 radical (unpaired) electrons. The number of rotatable bonds is 2. The average molecular weight is 260 g/mol. The van der Waals surface area contributed by atoms with Crippen LogP contribution in [-0.2, 0) is 10.0 Å². The summed E-state index contributed by atoms with van der Waals surface area (Å²) < 4.78 is 26.7. The molecule has 4 nitrogen and oxygen atoms in total. The minimum absolute atomic E-state index is 0.423. The van der Waals surface area contributed by atoms with Crippen LogP contribution >= 0.6 is 11.3 Å². The monoisotopic (exact) mass is 260 g/mol. The van der Waals surface area contributed by atoms with Crippen LogP contribution in [0.25, 0.3) is 0 Å². The Morgan fingerprint density at radius 1 is 1.19 bits per heavy atom. The van der Waals surface area contributed by atoms with Gasteiger partial charge in [0.15, 0.2) is 4.21 Å². The molecule has 2 rings (SSSR count). The molecule has 1 aromatic rings. The lowest BCUT2D eigenvalue weighted by atomic mass is 10.2. The fourth-order valence-corrected chi connectivity index (χ4v) is 5.11. The second kappa shape index (κ2) is 4.43. The number of piperidine rings is 1. The number of aryl methyl sites for hydroxylation is 2. The van der Waals surface area contributed by atoms with Crippen molar-refractivity contribution in [1.82, 2.24) is 9.29 Å². The van der Waals surface area contributed by atoms with E-state index in [1.165, 1.54) is 11.3 Å². The third-order valence-corrected chi connectivity index (χ3v) is 6.31. The molecule has 1 aliphatic heterocycles. The number of hydrogen-bond donors (Lipinski definition) is 0. The summed E-state index contributed by atoms with van der Waals surface area (Å²) >= 11 is 1.27. The SMILES string of the molecule is Cc1nc(C)c(S(=O)(=O)N2CCCCC2)s1. The number of aromatic nitrogens is 1. The van der Waals surface area contributed by atoms with Crippen LogP contribution in [0.4, 0.5) is 0 Å². The first-order valence-electron chi connectivity index (χ1n) is 5.46. The van der Waals surface area contributed by atoms with Crippen LogP contribution in [-0.4, -0.2) is 30.8 Å². The molecule has 0 aliphatic carbocycles. The molecule has 0 aromatic carbocycles. The van der Waals surface area contributed by atoms with Crippen molar-refractivity contribution in [3.63, 3.8) is 0 Å². The molecular weight excluding hydrogens is 244 g/mol. The Balaban J connectivity index is 2.34. The smallest absolute Gasteiger partial charge is 0.245 e. The molecule has 0 amide bonds. The van der Waals surface area contributed by atoms with E-state index in [0.29, 0.717) is 23.0 Å². The third-order valence-electron chi connectivity index (χ3n) is 2.75. The molecule has 0 unspecified atom stereocenters. The zero-order valence-electron chi connectivity index (χ0n) is 9.56. The van der Waals surface area contributed by atoms with Gasteiger partial charge in [0, 0.05) is 13.1 Å². The zero-order chi connectivity index (χ0) is 11.8. The van der Waals surface area contributed by atoms with E-state index in [2.05, 4.69) is 4.98 Å². The Hall–Kier alpha value is -0.460. The van der Waals surface area contributed by atoms with Gasteiger partial charge in [-0.2, -0.15) is 4.31 Å². The molecular formula is C10H16N2O2S2. The molecule has 0 spiro atoms. The van der Waals surface area contributed by atoms with Crippen LogP contribution in [0.1, 0.15) is 30.0 Å². The highest BCUT2D eigenvalue weighted by atomic mass is 32.2. The molecule has 0 atom stereocenters. The maximum absolute atomic E-state index is 12.3. The summed E-state index contributed by atoms with van der Waals surface area (Å²) in [5.74, 6) is 0. The normalized spacial score (nSPS) is 18.9. The highest BCUT2D eigenvalue weighted by Crippen LogP contribution is 2.27. The van der Waals surface area contributed by atoms with E-state index >= 15 is 0 Å². The Labute approximate surface area is 100 Å². The number of hydrogen-bond acceptors (Lipinski definition) is 4. The van der Waals surface area contributed by atoms with Crippen molar-refractivity contribution in [3.05, 3.63) is 10.7 Å². The summed E-state index contributed by atoms with van der Waals surface area (Å²) in [6.07, 6.45) is 3.07. The molecule has 2 heterocycles. The molecule has 1 aliphatic rings. The summed E-state index contributed by atoms with van der Waals surface area (Å²) in [5.41, 5.74) is 0.632. The van der Waals surface area contributed by atoms with E-state index in [-0.39, 0.29) is 0 Å². The standard InChI is InChI=1S/C10H16N2O2S2/c1-8-10(15-9(2)11-8)16(13,14)12-6-4-3-5-7-12/h3-7H2,1-2H3. The van der Waals surface area contributed by atoms with Crippen molar-refractivity contribution in [2.75, 3.05) is 13.1 Å². The second-order valence-electron chi connectivity index (χ2n) is 4.07. The van der Waals surface area contributed by atoms with E-state index in [0.717, 1.165) is 24.3 Å². The highest BCUT2D eigenvalue weighted by molar-refractivity contribution is 7.91. The van der Waals surface area contributed by atoms with E-state index < -0.39 is 10.0 Å². The quantitative estimate of drug-likeness (QED) is 0.816. The Kier molecular flexibility index (Phi) is 3.32. The van der Waals surface area contributed by atoms with Gasteiger partial charge in [0.2, 0.25) is 0 Å². The van der Waals surface area contributed by atoms with Crippen LogP contribution in [0.3, 0.4) is 0 Å². The second-order valence-corrected chi connectivity index (χ2v) is 7.41. The van der Waals surface area contributed by atoms with Gasteiger partial charge in [-0.1, -0.05) is 6.42 Å². The molecule has 0 N–H and O–H groups in total. The van der Waals surface area contributed by atoms with Gasteiger partial charge in [-0.15, -0.1) is 11.3 Å². The fourth-order valence-electron chi connectivity index (χ4n) is 1.97. The number of nitrogens with zero attached hydrogens (tertiary/aromatic N) is 2. The van der Waals surface area contributed by atoms with Gasteiger partial charge in [0.05, 0.1) is 10.7 Å². The van der Waals surface area contributed by atoms with Crippen molar-refractivity contribution < 1.29 is 8.42 Å². The summed E-state index contributed by atoms with van der Waals surface area (Å²) in [5, 5.41) is 0.813. The maximum Gasteiger partial charge on any atom is 0.254 e. The van der Waals surface area contributed by atoms with Gasteiger partial charge in [-0.3, -0.25) is 0 Å². The van der Waals surface area contributed by atoms with Crippen LogP contribution in [0.5, 0.6) is 0 Å². The third kappa shape index (κ3) is 2.14. The van der Waals surface area contributed by atoms with Crippen molar-refractivity contribution in [1.29, 1.82) is 0 Å². The highest BCUT2D eigenvalue weighted by Gasteiger charge is 2.29. The summed E-state index contributed by atoms with van der Waals surface area (Å²) in [7, 11) is -3.28. The largest absolute Gasteiger partial charge is 0.254 e. The first kappa shape index (κ1) is 12.0. The van der Waals surface area contributed by atoms with Crippen molar-refractivity contribution >= 4 is 21.4 Å². The predicted octanol–water partition coefficient (Wildman–Crippen LogP) is 1.93. The van der Waals surface area contributed by atoms with Crippen molar-refractivity contribution in [2.24, 2.45) is 0 Å². The zero-order valence-corrected chi connectivity index (χ0v) is 11.2. The number of sulfonamides is 1. The molecule has 0 saturated carbocycles. The summed E-state index contributed by atoms with van der Waals surface area (Å²) in [6.45, 7) is 4.91.